The Morgan fingerprint density at radius 3 is 2.26 bits per heavy atom. The normalized spacial score (nSPS) is 10.7. The van der Waals surface area contributed by atoms with E-state index in [4.69, 9.17) is 0 Å². The van der Waals surface area contributed by atoms with Gasteiger partial charge in [0.1, 0.15) is 10.7 Å². The van der Waals surface area contributed by atoms with Gasteiger partial charge in [-0.15, -0.1) is 11.3 Å². The van der Waals surface area contributed by atoms with Crippen LogP contribution in [0.2, 0.25) is 0 Å². The summed E-state index contributed by atoms with van der Waals surface area (Å²) in [5.41, 5.74) is 6.20. The Kier molecular flexibility index (Phi) is 5.91. The van der Waals surface area contributed by atoms with Gasteiger partial charge >= 0.3 is 6.03 Å². The zero-order valence-electron chi connectivity index (χ0n) is 16.2. The fourth-order valence-corrected chi connectivity index (χ4v) is 4.01. The molecule has 5 heteroatoms. The van der Waals surface area contributed by atoms with Crippen LogP contribution in [-0.4, -0.2) is 11.0 Å². The third kappa shape index (κ3) is 4.19. The van der Waals surface area contributed by atoms with Crippen LogP contribution in [0.3, 0.4) is 0 Å². The number of hydrogen-bond donors (Lipinski definition) is 2. The molecule has 0 saturated heterocycles. The average molecular weight is 380 g/mol. The smallest absolute Gasteiger partial charge is 0.307 e. The Balaban J connectivity index is 1.88. The Labute approximate surface area is 164 Å². The number of aromatic nitrogens is 1. The first-order valence-corrected chi connectivity index (χ1v) is 10.1. The summed E-state index contributed by atoms with van der Waals surface area (Å²) in [6.45, 7) is 8.21. The summed E-state index contributed by atoms with van der Waals surface area (Å²) in [7, 11) is 0. The van der Waals surface area contributed by atoms with E-state index in [1.54, 1.807) is 0 Å². The lowest BCUT2D eigenvalue weighted by molar-refractivity contribution is 0.262. The first-order valence-electron chi connectivity index (χ1n) is 9.25. The van der Waals surface area contributed by atoms with Gasteiger partial charge in [-0.2, -0.15) is 0 Å². The second-order valence-electron chi connectivity index (χ2n) is 6.46. The molecule has 0 saturated carbocycles. The van der Waals surface area contributed by atoms with Crippen LogP contribution < -0.4 is 10.6 Å². The van der Waals surface area contributed by atoms with Crippen LogP contribution in [-0.2, 0) is 12.8 Å². The van der Waals surface area contributed by atoms with Crippen LogP contribution in [0.25, 0.3) is 11.3 Å². The van der Waals surface area contributed by atoms with E-state index in [0.29, 0.717) is 0 Å². The molecule has 0 aliphatic rings. The van der Waals surface area contributed by atoms with Gasteiger partial charge in [0.2, 0.25) is 0 Å². The third-order valence-corrected chi connectivity index (χ3v) is 5.48. The monoisotopic (exact) mass is 379 g/mol. The summed E-state index contributed by atoms with van der Waals surface area (Å²) in [4.78, 5) is 17.4. The second-order valence-corrected chi connectivity index (χ2v) is 7.67. The highest BCUT2D eigenvalue weighted by molar-refractivity contribution is 7.16. The molecule has 0 aliphatic carbocycles. The predicted octanol–water partition coefficient (Wildman–Crippen LogP) is 6.20. The van der Waals surface area contributed by atoms with Gasteiger partial charge in [-0.1, -0.05) is 56.3 Å². The van der Waals surface area contributed by atoms with Crippen LogP contribution in [0.1, 0.15) is 35.5 Å². The van der Waals surface area contributed by atoms with Crippen LogP contribution in [0, 0.1) is 13.8 Å². The molecule has 140 valence electrons. The van der Waals surface area contributed by atoms with E-state index < -0.39 is 0 Å². The van der Waals surface area contributed by atoms with Crippen molar-refractivity contribution < 1.29 is 4.79 Å². The Morgan fingerprint density at radius 1 is 0.963 bits per heavy atom. The molecule has 2 aromatic carbocycles. The van der Waals surface area contributed by atoms with Gasteiger partial charge in [0, 0.05) is 11.3 Å². The summed E-state index contributed by atoms with van der Waals surface area (Å²) < 4.78 is 0. The Bertz CT molecular complexity index is 940. The zero-order valence-corrected chi connectivity index (χ0v) is 17.0. The minimum atomic E-state index is -0.232. The first kappa shape index (κ1) is 19.1. The van der Waals surface area contributed by atoms with Crippen molar-refractivity contribution in [1.29, 1.82) is 0 Å². The molecule has 0 spiro atoms. The second kappa shape index (κ2) is 8.35. The molecule has 0 aliphatic heterocycles. The van der Waals surface area contributed by atoms with Gasteiger partial charge in [0.05, 0.1) is 5.01 Å². The van der Waals surface area contributed by atoms with E-state index in [1.807, 2.05) is 31.2 Å². The topological polar surface area (TPSA) is 54.0 Å². The number of amides is 2. The van der Waals surface area contributed by atoms with Crippen LogP contribution >= 0.6 is 11.3 Å². The fourth-order valence-electron chi connectivity index (χ4n) is 3.18. The number of para-hydroxylation sites is 1. The minimum absolute atomic E-state index is 0.232. The number of rotatable bonds is 5. The number of thiazole rings is 1. The van der Waals surface area contributed by atoms with Gasteiger partial charge in [-0.05, 0) is 43.4 Å². The van der Waals surface area contributed by atoms with E-state index in [2.05, 4.69) is 54.6 Å². The summed E-state index contributed by atoms with van der Waals surface area (Å²) in [6.07, 6.45) is 1.75. The summed E-state index contributed by atoms with van der Waals surface area (Å²) in [6, 6.07) is 14.0. The van der Waals surface area contributed by atoms with E-state index in [-0.39, 0.29) is 6.03 Å². The lowest BCUT2D eigenvalue weighted by atomic mass is 10.0. The number of benzene rings is 2. The standard InChI is InChI=1S/C22H25N3OS/c1-5-16-11-9-12-17(6-2)19(16)24-22(26)25-21-20(23-15(4)27-21)18-13-8-7-10-14(18)3/h7-13H,5-6H2,1-4H3,(H2,24,25,26). The van der Waals surface area contributed by atoms with Gasteiger partial charge < -0.3 is 5.32 Å². The van der Waals surface area contributed by atoms with Gasteiger partial charge in [-0.25, -0.2) is 9.78 Å². The lowest BCUT2D eigenvalue weighted by Gasteiger charge is -2.15. The molecule has 1 heterocycles. The number of nitrogens with zero attached hydrogens (tertiary/aromatic N) is 1. The van der Waals surface area contributed by atoms with Crippen molar-refractivity contribution in [2.45, 2.75) is 40.5 Å². The van der Waals surface area contributed by atoms with E-state index in [0.717, 1.165) is 56.5 Å². The van der Waals surface area contributed by atoms with Gasteiger partial charge in [0.25, 0.3) is 0 Å². The van der Waals surface area contributed by atoms with Gasteiger partial charge in [0.15, 0.2) is 0 Å². The molecule has 3 aromatic rings. The van der Waals surface area contributed by atoms with Crippen molar-refractivity contribution in [3.8, 4) is 11.3 Å². The van der Waals surface area contributed by atoms with Crippen molar-refractivity contribution in [1.82, 2.24) is 4.98 Å². The quantitative estimate of drug-likeness (QED) is 0.555. The molecule has 2 N–H and O–H groups in total. The fraction of sp³-hybridized carbons (Fsp3) is 0.273. The van der Waals surface area contributed by atoms with Crippen LogP contribution in [0.4, 0.5) is 15.5 Å². The molecule has 0 radical (unpaired) electrons. The maximum absolute atomic E-state index is 12.8. The zero-order chi connectivity index (χ0) is 19.4. The molecule has 27 heavy (non-hydrogen) atoms. The number of hydrogen-bond acceptors (Lipinski definition) is 3. The number of carbonyl (C=O) groups excluding carboxylic acids is 1. The van der Waals surface area contributed by atoms with Crippen LogP contribution in [0.5, 0.6) is 0 Å². The maximum atomic E-state index is 12.8. The van der Waals surface area contributed by atoms with E-state index in [1.165, 1.54) is 11.3 Å². The molecule has 4 nitrogen and oxygen atoms in total. The van der Waals surface area contributed by atoms with Crippen molar-refractivity contribution in [3.63, 3.8) is 0 Å². The van der Waals surface area contributed by atoms with Crippen molar-refractivity contribution in [3.05, 3.63) is 64.2 Å². The molecule has 1 aromatic heterocycles. The molecule has 0 atom stereocenters. The van der Waals surface area contributed by atoms with Crippen molar-refractivity contribution >= 4 is 28.1 Å². The molecule has 3 rings (SSSR count). The van der Waals surface area contributed by atoms with E-state index in [9.17, 15) is 4.79 Å². The third-order valence-electron chi connectivity index (χ3n) is 4.60. The number of nitrogens with one attached hydrogen (secondary N) is 2. The van der Waals surface area contributed by atoms with Crippen molar-refractivity contribution in [2.75, 3.05) is 10.6 Å². The lowest BCUT2D eigenvalue weighted by Crippen LogP contribution is -2.21. The summed E-state index contributed by atoms with van der Waals surface area (Å²) in [5, 5.41) is 7.77. The number of carbonyl (C=O) groups is 1. The molecule has 0 unspecified atom stereocenters. The maximum Gasteiger partial charge on any atom is 0.324 e. The Morgan fingerprint density at radius 2 is 1.63 bits per heavy atom. The highest BCUT2D eigenvalue weighted by Crippen LogP contribution is 2.35. The number of aryl methyl sites for hydroxylation is 4. The van der Waals surface area contributed by atoms with Gasteiger partial charge in [-0.3, -0.25) is 5.32 Å². The highest BCUT2D eigenvalue weighted by atomic mass is 32.1. The number of anilines is 2. The molecule has 0 bridgehead atoms. The first-order chi connectivity index (χ1) is 13.0. The number of urea groups is 1. The highest BCUT2D eigenvalue weighted by Gasteiger charge is 2.16. The minimum Gasteiger partial charge on any atom is -0.307 e. The largest absolute Gasteiger partial charge is 0.324 e. The summed E-state index contributed by atoms with van der Waals surface area (Å²) >= 11 is 1.49. The molecular weight excluding hydrogens is 354 g/mol. The van der Waals surface area contributed by atoms with Crippen LogP contribution in [0.15, 0.2) is 42.5 Å². The molecule has 2 amide bonds. The van der Waals surface area contributed by atoms with Crippen molar-refractivity contribution in [2.24, 2.45) is 0 Å². The van der Waals surface area contributed by atoms with E-state index >= 15 is 0 Å². The Hall–Kier alpha value is -2.66. The summed E-state index contributed by atoms with van der Waals surface area (Å²) in [5.74, 6) is 0. The molecule has 0 fully saturated rings. The average Bonchev–Trinajstić information content (AvgIpc) is 3.02. The molecular formula is C22H25N3OS. The predicted molar refractivity (Wildman–Crippen MR) is 115 cm³/mol. The SMILES string of the molecule is CCc1cccc(CC)c1NC(=O)Nc1sc(C)nc1-c1ccccc1C.